The third-order valence-corrected chi connectivity index (χ3v) is 3.99. The van der Waals surface area contributed by atoms with Crippen molar-refractivity contribution in [1.82, 2.24) is 0 Å². The van der Waals surface area contributed by atoms with Crippen molar-refractivity contribution in [1.29, 1.82) is 0 Å². The van der Waals surface area contributed by atoms with Crippen molar-refractivity contribution in [2.45, 2.75) is 52.4 Å². The van der Waals surface area contributed by atoms with Gasteiger partial charge in [0, 0.05) is 0 Å². The predicted octanol–water partition coefficient (Wildman–Crippen LogP) is 5.84. The smallest absolute Gasteiger partial charge is 0.122 e. The lowest BCUT2D eigenvalue weighted by Crippen LogP contribution is -2.16. The van der Waals surface area contributed by atoms with E-state index in [1.807, 2.05) is 30.3 Å². The van der Waals surface area contributed by atoms with E-state index >= 15 is 0 Å². The second kappa shape index (κ2) is 6.78. The highest BCUT2D eigenvalue weighted by Crippen LogP contribution is 2.33. The highest BCUT2D eigenvalue weighted by atomic mass is 16.5. The Morgan fingerprint density at radius 1 is 0.833 bits per heavy atom. The zero-order chi connectivity index (χ0) is 18.0. The molecule has 0 aliphatic carbocycles. The SMILES string of the molecule is CC(C)(C)c1cc(N=CN(O)c2ccccc2)cc(C(C)(C)C)c1. The van der Waals surface area contributed by atoms with Crippen molar-refractivity contribution in [2.24, 2.45) is 4.99 Å². The molecule has 0 saturated heterocycles. The Kier molecular flexibility index (Phi) is 5.14. The molecule has 0 unspecified atom stereocenters. The summed E-state index contributed by atoms with van der Waals surface area (Å²) in [6.45, 7) is 13.2. The summed E-state index contributed by atoms with van der Waals surface area (Å²) < 4.78 is 0. The molecule has 1 N–H and O–H groups in total. The summed E-state index contributed by atoms with van der Waals surface area (Å²) in [4.78, 5) is 4.48. The van der Waals surface area contributed by atoms with E-state index < -0.39 is 0 Å². The molecule has 0 amide bonds. The summed E-state index contributed by atoms with van der Waals surface area (Å²) in [7, 11) is 0. The van der Waals surface area contributed by atoms with E-state index in [0.29, 0.717) is 5.69 Å². The molecule has 0 aliphatic rings. The van der Waals surface area contributed by atoms with Crippen molar-refractivity contribution >= 4 is 17.7 Å². The molecule has 24 heavy (non-hydrogen) atoms. The van der Waals surface area contributed by atoms with Crippen LogP contribution in [0.1, 0.15) is 52.7 Å². The molecule has 0 aliphatic heterocycles. The van der Waals surface area contributed by atoms with Crippen LogP contribution in [0.5, 0.6) is 0 Å². The topological polar surface area (TPSA) is 35.8 Å². The first-order valence-electron chi connectivity index (χ1n) is 8.31. The van der Waals surface area contributed by atoms with Gasteiger partial charge in [-0.3, -0.25) is 5.21 Å². The van der Waals surface area contributed by atoms with Crippen LogP contribution in [0.2, 0.25) is 0 Å². The summed E-state index contributed by atoms with van der Waals surface area (Å²) in [6, 6.07) is 15.8. The van der Waals surface area contributed by atoms with Crippen LogP contribution in [-0.2, 0) is 10.8 Å². The molecule has 2 rings (SSSR count). The largest absolute Gasteiger partial charge is 0.283 e. The van der Waals surface area contributed by atoms with Crippen LogP contribution >= 0.6 is 0 Å². The molecule has 0 radical (unpaired) electrons. The average molecular weight is 324 g/mol. The van der Waals surface area contributed by atoms with Crippen molar-refractivity contribution in [3.63, 3.8) is 0 Å². The molecule has 128 valence electrons. The lowest BCUT2D eigenvalue weighted by atomic mass is 9.80. The monoisotopic (exact) mass is 324 g/mol. The van der Waals surface area contributed by atoms with Crippen LogP contribution in [0.25, 0.3) is 0 Å². The Balaban J connectivity index is 2.37. The van der Waals surface area contributed by atoms with Crippen LogP contribution in [0.3, 0.4) is 0 Å². The molecule has 0 atom stereocenters. The highest BCUT2D eigenvalue weighted by molar-refractivity contribution is 5.78. The van der Waals surface area contributed by atoms with Gasteiger partial charge in [0.25, 0.3) is 0 Å². The lowest BCUT2D eigenvalue weighted by molar-refractivity contribution is 0.317. The first-order valence-corrected chi connectivity index (χ1v) is 8.31. The number of hydrogen-bond acceptors (Lipinski definition) is 2. The molecule has 0 aromatic heterocycles. The Labute approximate surface area is 145 Å². The fraction of sp³-hybridized carbons (Fsp3) is 0.381. The molecular formula is C21H28N2O. The minimum atomic E-state index is 0.0455. The third kappa shape index (κ3) is 4.68. The number of para-hydroxylation sites is 1. The highest BCUT2D eigenvalue weighted by Gasteiger charge is 2.20. The quantitative estimate of drug-likeness (QED) is 0.437. The summed E-state index contributed by atoms with van der Waals surface area (Å²) in [5, 5.41) is 11.2. The molecule has 3 nitrogen and oxygen atoms in total. The van der Waals surface area contributed by atoms with E-state index in [1.54, 1.807) is 0 Å². The standard InChI is InChI=1S/C21H28N2O/c1-20(2,3)16-12-17(21(4,5)6)14-18(13-16)22-15-23(24)19-10-8-7-9-11-19/h7-15,24H,1-6H3. The number of hydrogen-bond donors (Lipinski definition) is 1. The van der Waals surface area contributed by atoms with Gasteiger partial charge in [0.2, 0.25) is 0 Å². The molecule has 3 heteroatoms. The van der Waals surface area contributed by atoms with Crippen LogP contribution < -0.4 is 5.06 Å². The predicted molar refractivity (Wildman–Crippen MR) is 103 cm³/mol. The second-order valence-corrected chi connectivity index (χ2v) is 8.19. The van der Waals surface area contributed by atoms with E-state index in [9.17, 15) is 5.21 Å². The van der Waals surface area contributed by atoms with Gasteiger partial charge in [-0.05, 0) is 46.2 Å². The Morgan fingerprint density at radius 3 is 1.79 bits per heavy atom. The Bertz CT molecular complexity index is 675. The van der Waals surface area contributed by atoms with E-state index in [0.717, 1.165) is 10.8 Å². The zero-order valence-electron chi connectivity index (χ0n) is 15.5. The van der Waals surface area contributed by atoms with Gasteiger partial charge in [-0.25, -0.2) is 10.1 Å². The van der Waals surface area contributed by atoms with Gasteiger partial charge in [0.1, 0.15) is 6.34 Å². The van der Waals surface area contributed by atoms with Gasteiger partial charge >= 0.3 is 0 Å². The van der Waals surface area contributed by atoms with Gasteiger partial charge < -0.3 is 0 Å². The van der Waals surface area contributed by atoms with Crippen molar-refractivity contribution in [2.75, 3.05) is 5.06 Å². The van der Waals surface area contributed by atoms with E-state index in [2.05, 4.69) is 64.7 Å². The minimum Gasteiger partial charge on any atom is -0.283 e. The lowest BCUT2D eigenvalue weighted by Gasteiger charge is -2.25. The first-order chi connectivity index (χ1) is 11.1. The van der Waals surface area contributed by atoms with E-state index in [-0.39, 0.29) is 10.8 Å². The third-order valence-electron chi connectivity index (χ3n) is 3.99. The van der Waals surface area contributed by atoms with Crippen LogP contribution in [-0.4, -0.2) is 11.5 Å². The van der Waals surface area contributed by atoms with E-state index in [4.69, 9.17) is 0 Å². The van der Waals surface area contributed by atoms with Crippen LogP contribution in [0.4, 0.5) is 11.4 Å². The first kappa shape index (κ1) is 18.2. The van der Waals surface area contributed by atoms with Crippen molar-refractivity contribution in [3.8, 4) is 0 Å². The van der Waals surface area contributed by atoms with Gasteiger partial charge in [0.05, 0.1) is 11.4 Å². The van der Waals surface area contributed by atoms with Gasteiger partial charge in [-0.1, -0.05) is 65.8 Å². The number of rotatable bonds is 3. The zero-order valence-corrected chi connectivity index (χ0v) is 15.5. The Morgan fingerprint density at radius 2 is 1.33 bits per heavy atom. The Hall–Kier alpha value is -2.13. The maximum atomic E-state index is 10.1. The summed E-state index contributed by atoms with van der Waals surface area (Å²) >= 11 is 0. The number of nitrogens with zero attached hydrogens (tertiary/aromatic N) is 2. The van der Waals surface area contributed by atoms with Gasteiger partial charge in [0.15, 0.2) is 0 Å². The summed E-state index contributed by atoms with van der Waals surface area (Å²) in [6.07, 6.45) is 1.45. The van der Waals surface area contributed by atoms with Crippen molar-refractivity contribution in [3.05, 3.63) is 59.7 Å². The van der Waals surface area contributed by atoms with Crippen LogP contribution in [0.15, 0.2) is 53.5 Å². The second-order valence-electron chi connectivity index (χ2n) is 8.19. The molecule has 0 heterocycles. The van der Waals surface area contributed by atoms with Crippen molar-refractivity contribution < 1.29 is 5.21 Å². The normalized spacial score (nSPS) is 12.6. The molecule has 0 spiro atoms. The summed E-state index contributed by atoms with van der Waals surface area (Å²) in [5.74, 6) is 0. The maximum Gasteiger partial charge on any atom is 0.122 e. The van der Waals surface area contributed by atoms with Crippen LogP contribution in [0, 0.1) is 0 Å². The van der Waals surface area contributed by atoms with Gasteiger partial charge in [-0.15, -0.1) is 0 Å². The average Bonchev–Trinajstić information content (AvgIpc) is 2.51. The van der Waals surface area contributed by atoms with E-state index in [1.165, 1.54) is 17.5 Å². The fourth-order valence-corrected chi connectivity index (χ4v) is 2.32. The molecule has 0 fully saturated rings. The molecule has 2 aromatic rings. The molecular weight excluding hydrogens is 296 g/mol. The molecule has 2 aromatic carbocycles. The maximum absolute atomic E-state index is 10.1. The number of anilines is 1. The number of aliphatic imine (C=N–C) groups is 1. The number of benzene rings is 2. The fourth-order valence-electron chi connectivity index (χ4n) is 2.32. The summed E-state index contributed by atoms with van der Waals surface area (Å²) in [5.41, 5.74) is 4.11. The minimum absolute atomic E-state index is 0.0455. The molecule has 0 saturated carbocycles. The number of hydroxylamine groups is 1. The molecule has 0 bridgehead atoms. The van der Waals surface area contributed by atoms with Gasteiger partial charge in [-0.2, -0.15) is 0 Å².